The Morgan fingerprint density at radius 3 is 2.32 bits per heavy atom. The van der Waals surface area contributed by atoms with E-state index in [0.717, 1.165) is 22.4 Å². The second-order valence-corrected chi connectivity index (χ2v) is 8.28. The molecular weight excluding hydrogens is 300 g/mol. The first-order valence-electron chi connectivity index (χ1n) is 7.32. The second-order valence-electron chi connectivity index (χ2n) is 6.05. The van der Waals surface area contributed by atoms with Gasteiger partial charge in [-0.2, -0.15) is 5.10 Å². The summed E-state index contributed by atoms with van der Waals surface area (Å²) >= 11 is 0. The number of carbonyl (C=O) groups excluding carboxylic acids is 1. The van der Waals surface area contributed by atoms with Gasteiger partial charge in [0.25, 0.3) is 0 Å². The summed E-state index contributed by atoms with van der Waals surface area (Å²) in [6, 6.07) is 4.15. The van der Waals surface area contributed by atoms with Gasteiger partial charge in [0.05, 0.1) is 23.1 Å². The molecule has 1 heterocycles. The molecule has 1 atom stereocenters. The summed E-state index contributed by atoms with van der Waals surface area (Å²) in [7, 11) is -3.06. The molecule has 0 aliphatic carbocycles. The number of nitrogens with zero attached hydrogens (tertiary/aromatic N) is 1. The van der Waals surface area contributed by atoms with Gasteiger partial charge in [0.2, 0.25) is 5.91 Å². The molecule has 0 aromatic heterocycles. The maximum atomic E-state index is 12.0. The van der Waals surface area contributed by atoms with Crippen LogP contribution < -0.4 is 5.43 Å². The Morgan fingerprint density at radius 1 is 1.23 bits per heavy atom. The van der Waals surface area contributed by atoms with Crippen molar-refractivity contribution in [2.24, 2.45) is 11.0 Å². The predicted octanol–water partition coefficient (Wildman–Crippen LogP) is 1.89. The zero-order valence-corrected chi connectivity index (χ0v) is 14.3. The van der Waals surface area contributed by atoms with E-state index in [2.05, 4.69) is 22.7 Å². The van der Waals surface area contributed by atoms with Crippen LogP contribution in [0.15, 0.2) is 17.2 Å². The fourth-order valence-corrected chi connectivity index (χ4v) is 4.78. The first kappa shape index (κ1) is 16.7. The number of benzene rings is 1. The lowest BCUT2D eigenvalue weighted by molar-refractivity contribution is -0.124. The van der Waals surface area contributed by atoms with Crippen molar-refractivity contribution in [1.82, 2.24) is 5.43 Å². The molecule has 1 amide bonds. The summed E-state index contributed by atoms with van der Waals surface area (Å²) in [5, 5.41) is 4.16. The Labute approximate surface area is 131 Å². The van der Waals surface area contributed by atoms with Crippen LogP contribution >= 0.6 is 0 Å². The third kappa shape index (κ3) is 3.74. The van der Waals surface area contributed by atoms with Gasteiger partial charge in [-0.1, -0.05) is 17.7 Å². The molecule has 0 radical (unpaired) electrons. The minimum absolute atomic E-state index is 0.0734. The second kappa shape index (κ2) is 6.20. The van der Waals surface area contributed by atoms with Gasteiger partial charge in [-0.25, -0.2) is 13.8 Å². The van der Waals surface area contributed by atoms with Crippen LogP contribution in [-0.4, -0.2) is 31.5 Å². The molecule has 0 bridgehead atoms. The number of sulfone groups is 1. The zero-order chi connectivity index (χ0) is 16.5. The quantitative estimate of drug-likeness (QED) is 0.682. The van der Waals surface area contributed by atoms with Crippen LogP contribution in [0.2, 0.25) is 0 Å². The van der Waals surface area contributed by atoms with Gasteiger partial charge in [-0.05, 0) is 45.2 Å². The molecule has 1 aromatic carbocycles. The Morgan fingerprint density at radius 2 is 1.82 bits per heavy atom. The topological polar surface area (TPSA) is 75.6 Å². The average Bonchev–Trinajstić information content (AvgIpc) is 2.75. The highest BCUT2D eigenvalue weighted by Gasteiger charge is 2.32. The number of aryl methyl sites for hydroxylation is 3. The third-order valence-electron chi connectivity index (χ3n) is 3.98. The van der Waals surface area contributed by atoms with Crippen molar-refractivity contribution >= 4 is 21.5 Å². The van der Waals surface area contributed by atoms with Crippen molar-refractivity contribution < 1.29 is 13.2 Å². The lowest BCUT2D eigenvalue weighted by atomic mass is 9.97. The van der Waals surface area contributed by atoms with Gasteiger partial charge >= 0.3 is 0 Å². The zero-order valence-electron chi connectivity index (χ0n) is 13.4. The third-order valence-corrected chi connectivity index (χ3v) is 5.74. The molecule has 1 aromatic rings. The van der Waals surface area contributed by atoms with Crippen LogP contribution in [0.1, 0.15) is 35.6 Å². The number of nitrogens with one attached hydrogen (secondary N) is 1. The molecule has 120 valence electrons. The van der Waals surface area contributed by atoms with Crippen LogP contribution in [-0.2, 0) is 14.6 Å². The van der Waals surface area contributed by atoms with E-state index in [-0.39, 0.29) is 17.4 Å². The highest BCUT2D eigenvalue weighted by Crippen LogP contribution is 2.19. The first-order valence-corrected chi connectivity index (χ1v) is 9.14. The van der Waals surface area contributed by atoms with Crippen molar-refractivity contribution in [2.75, 3.05) is 11.5 Å². The standard InChI is InChI=1S/C16H22N2O3S/c1-10-7-11(2)15(12(3)8-10)13(4)17-18-16(19)14-5-6-22(20,21)9-14/h7-8,14H,5-6,9H2,1-4H3,(H,18,19)/b17-13-/t14-/m0/s1. The lowest BCUT2D eigenvalue weighted by Gasteiger charge is -2.12. The summed E-state index contributed by atoms with van der Waals surface area (Å²) in [4.78, 5) is 12.0. The predicted molar refractivity (Wildman–Crippen MR) is 87.8 cm³/mol. The number of carbonyl (C=O) groups is 1. The van der Waals surface area contributed by atoms with Crippen molar-refractivity contribution in [3.63, 3.8) is 0 Å². The van der Waals surface area contributed by atoms with Crippen LogP contribution in [0.25, 0.3) is 0 Å². The van der Waals surface area contributed by atoms with Gasteiger partial charge < -0.3 is 0 Å². The SMILES string of the molecule is C/C(=N/NC(=O)[C@H]1CCS(=O)(=O)C1)c1c(C)cc(C)cc1C. The van der Waals surface area contributed by atoms with Gasteiger partial charge in [-0.3, -0.25) is 4.79 Å². The monoisotopic (exact) mass is 322 g/mol. The number of hydrogen-bond donors (Lipinski definition) is 1. The fourth-order valence-electron chi connectivity index (χ4n) is 3.04. The van der Waals surface area contributed by atoms with Crippen molar-refractivity contribution in [2.45, 2.75) is 34.1 Å². The van der Waals surface area contributed by atoms with E-state index >= 15 is 0 Å². The maximum absolute atomic E-state index is 12.0. The van der Waals surface area contributed by atoms with Gasteiger partial charge in [0, 0.05) is 5.56 Å². The summed E-state index contributed by atoms with van der Waals surface area (Å²) < 4.78 is 22.8. The number of hydrogen-bond acceptors (Lipinski definition) is 4. The van der Waals surface area contributed by atoms with Crippen molar-refractivity contribution in [3.8, 4) is 0 Å². The van der Waals surface area contributed by atoms with E-state index in [9.17, 15) is 13.2 Å². The summed E-state index contributed by atoms with van der Waals surface area (Å²) in [5.74, 6) is -0.787. The maximum Gasteiger partial charge on any atom is 0.244 e. The molecule has 22 heavy (non-hydrogen) atoms. The summed E-state index contributed by atoms with van der Waals surface area (Å²) in [6.07, 6.45) is 0.380. The van der Waals surface area contributed by atoms with Crippen LogP contribution in [0.5, 0.6) is 0 Å². The highest BCUT2D eigenvalue weighted by molar-refractivity contribution is 7.91. The molecule has 1 aliphatic rings. The van der Waals surface area contributed by atoms with E-state index in [1.54, 1.807) is 0 Å². The van der Waals surface area contributed by atoms with E-state index in [0.29, 0.717) is 6.42 Å². The van der Waals surface area contributed by atoms with Crippen molar-refractivity contribution in [1.29, 1.82) is 0 Å². The molecule has 1 N–H and O–H groups in total. The molecule has 1 fully saturated rings. The Kier molecular flexibility index (Phi) is 4.70. The Hall–Kier alpha value is -1.69. The van der Waals surface area contributed by atoms with Gasteiger partial charge in [0.15, 0.2) is 9.84 Å². The molecule has 1 saturated heterocycles. The van der Waals surface area contributed by atoms with E-state index in [4.69, 9.17) is 0 Å². The number of hydrazone groups is 1. The van der Waals surface area contributed by atoms with E-state index in [1.165, 1.54) is 5.56 Å². The molecule has 1 aliphatic heterocycles. The minimum atomic E-state index is -3.06. The molecule has 0 unspecified atom stereocenters. The molecule has 6 heteroatoms. The summed E-state index contributed by atoms with van der Waals surface area (Å²) in [6.45, 7) is 7.91. The van der Waals surface area contributed by atoms with Gasteiger partial charge in [0.1, 0.15) is 0 Å². The van der Waals surface area contributed by atoms with E-state index in [1.807, 2.05) is 27.7 Å². The highest BCUT2D eigenvalue weighted by atomic mass is 32.2. The van der Waals surface area contributed by atoms with Gasteiger partial charge in [-0.15, -0.1) is 0 Å². The smallest absolute Gasteiger partial charge is 0.244 e. The first-order chi connectivity index (χ1) is 10.2. The van der Waals surface area contributed by atoms with Crippen LogP contribution in [0, 0.1) is 26.7 Å². The Balaban J connectivity index is 2.12. The number of rotatable bonds is 3. The van der Waals surface area contributed by atoms with Crippen molar-refractivity contribution in [3.05, 3.63) is 34.4 Å². The number of amides is 1. The molecule has 0 spiro atoms. The fraction of sp³-hybridized carbons (Fsp3) is 0.500. The summed E-state index contributed by atoms with van der Waals surface area (Å²) in [5.41, 5.74) is 7.66. The van der Waals surface area contributed by atoms with Crippen LogP contribution in [0.4, 0.5) is 0 Å². The Bertz CT molecular complexity index is 713. The molecule has 5 nitrogen and oxygen atoms in total. The lowest BCUT2D eigenvalue weighted by Crippen LogP contribution is -2.28. The normalized spacial score (nSPS) is 20.9. The average molecular weight is 322 g/mol. The minimum Gasteiger partial charge on any atom is -0.273 e. The molecule has 2 rings (SSSR count). The molecular formula is C16H22N2O3S. The largest absolute Gasteiger partial charge is 0.273 e. The van der Waals surface area contributed by atoms with Crippen LogP contribution in [0.3, 0.4) is 0 Å². The van der Waals surface area contributed by atoms with E-state index < -0.39 is 15.8 Å². The molecule has 0 saturated carbocycles.